The summed E-state index contributed by atoms with van der Waals surface area (Å²) in [6.07, 6.45) is 4.78. The monoisotopic (exact) mass is 348 g/mol. The van der Waals surface area contributed by atoms with E-state index in [1.165, 1.54) is 0 Å². The summed E-state index contributed by atoms with van der Waals surface area (Å²) in [6, 6.07) is 5.88. The Labute approximate surface area is 149 Å². The van der Waals surface area contributed by atoms with Crippen molar-refractivity contribution in [2.24, 2.45) is 0 Å². The molecule has 0 bridgehead atoms. The van der Waals surface area contributed by atoms with Crippen LogP contribution in [0.15, 0.2) is 18.2 Å². The average molecular weight is 348 g/mol. The van der Waals surface area contributed by atoms with Crippen molar-refractivity contribution in [2.45, 2.75) is 52.0 Å². The molecular weight excluding hydrogens is 320 g/mol. The van der Waals surface area contributed by atoms with Crippen molar-refractivity contribution in [1.29, 1.82) is 0 Å². The van der Waals surface area contributed by atoms with Gasteiger partial charge in [0.1, 0.15) is 0 Å². The molecule has 1 saturated carbocycles. The molecule has 0 aromatic heterocycles. The maximum atomic E-state index is 11.9. The summed E-state index contributed by atoms with van der Waals surface area (Å²) < 4.78 is 11.1. The van der Waals surface area contributed by atoms with Crippen LogP contribution in [0.3, 0.4) is 0 Å². The highest BCUT2D eigenvalue weighted by atomic mass is 16.5. The fourth-order valence-corrected chi connectivity index (χ4v) is 2.97. The van der Waals surface area contributed by atoms with Gasteiger partial charge in [-0.3, -0.25) is 9.59 Å². The maximum Gasteiger partial charge on any atom is 0.309 e. The van der Waals surface area contributed by atoms with Crippen LogP contribution in [0.5, 0.6) is 11.5 Å². The Morgan fingerprint density at radius 3 is 2.40 bits per heavy atom. The van der Waals surface area contributed by atoms with Gasteiger partial charge in [-0.2, -0.15) is 0 Å². The fourth-order valence-electron chi connectivity index (χ4n) is 2.97. The molecule has 1 aliphatic carbocycles. The standard InChI is InChI=1S/C19H28N2O4/c1-3-24-16-10-9-14(13-17(16)25-4-2)11-12-20-18(22)19(23)21-15-7-5-6-8-15/h9-10,13,15H,3-8,11-12H2,1-2H3,(H,20,22)(H,21,23). The summed E-state index contributed by atoms with van der Waals surface area (Å²) in [5.74, 6) is 0.316. The van der Waals surface area contributed by atoms with Crippen molar-refractivity contribution < 1.29 is 19.1 Å². The molecule has 0 atom stereocenters. The second kappa shape index (κ2) is 9.91. The Balaban J connectivity index is 1.80. The third-order valence-corrected chi connectivity index (χ3v) is 4.20. The van der Waals surface area contributed by atoms with Crippen LogP contribution in [-0.4, -0.2) is 37.6 Å². The SMILES string of the molecule is CCOc1ccc(CCNC(=O)C(=O)NC2CCCC2)cc1OCC. The molecule has 0 aliphatic heterocycles. The van der Waals surface area contributed by atoms with Crippen LogP contribution in [0, 0.1) is 0 Å². The van der Waals surface area contributed by atoms with Crippen LogP contribution in [-0.2, 0) is 16.0 Å². The first-order valence-electron chi connectivity index (χ1n) is 9.11. The minimum Gasteiger partial charge on any atom is -0.490 e. The summed E-state index contributed by atoms with van der Waals surface area (Å²) in [4.78, 5) is 23.7. The summed E-state index contributed by atoms with van der Waals surface area (Å²) in [6.45, 7) is 5.38. The first kappa shape index (κ1) is 19.1. The van der Waals surface area contributed by atoms with E-state index in [9.17, 15) is 9.59 Å². The molecule has 2 amide bonds. The molecule has 2 N–H and O–H groups in total. The van der Waals surface area contributed by atoms with E-state index in [0.717, 1.165) is 31.2 Å². The minimum absolute atomic E-state index is 0.151. The Morgan fingerprint density at radius 2 is 1.72 bits per heavy atom. The first-order valence-corrected chi connectivity index (χ1v) is 9.11. The van der Waals surface area contributed by atoms with E-state index < -0.39 is 11.8 Å². The third kappa shape index (κ3) is 5.96. The maximum absolute atomic E-state index is 11.9. The van der Waals surface area contributed by atoms with Crippen molar-refractivity contribution in [1.82, 2.24) is 10.6 Å². The van der Waals surface area contributed by atoms with E-state index in [4.69, 9.17) is 9.47 Å². The van der Waals surface area contributed by atoms with Crippen molar-refractivity contribution in [3.05, 3.63) is 23.8 Å². The van der Waals surface area contributed by atoms with Crippen LogP contribution >= 0.6 is 0 Å². The Bertz CT molecular complexity index is 583. The number of carbonyl (C=O) groups excluding carboxylic acids is 2. The number of nitrogens with one attached hydrogen (secondary N) is 2. The molecule has 25 heavy (non-hydrogen) atoms. The molecule has 0 radical (unpaired) electrons. The zero-order valence-electron chi connectivity index (χ0n) is 15.1. The second-order valence-electron chi connectivity index (χ2n) is 6.11. The van der Waals surface area contributed by atoms with Gasteiger partial charge in [-0.1, -0.05) is 18.9 Å². The Kier molecular flexibility index (Phi) is 7.57. The Hall–Kier alpha value is -2.24. The van der Waals surface area contributed by atoms with Crippen molar-refractivity contribution in [2.75, 3.05) is 19.8 Å². The van der Waals surface area contributed by atoms with Gasteiger partial charge in [0.25, 0.3) is 0 Å². The summed E-state index contributed by atoms with van der Waals surface area (Å²) in [5, 5.41) is 5.46. The quantitative estimate of drug-likeness (QED) is 0.706. The summed E-state index contributed by atoms with van der Waals surface area (Å²) in [5.41, 5.74) is 1.02. The molecule has 1 aliphatic rings. The lowest BCUT2D eigenvalue weighted by Gasteiger charge is -2.13. The smallest absolute Gasteiger partial charge is 0.309 e. The number of ether oxygens (including phenoxy) is 2. The molecule has 6 nitrogen and oxygen atoms in total. The molecular formula is C19H28N2O4. The normalized spacial score (nSPS) is 14.2. The topological polar surface area (TPSA) is 76.7 Å². The zero-order chi connectivity index (χ0) is 18.1. The van der Waals surface area contributed by atoms with Crippen LogP contribution in [0.25, 0.3) is 0 Å². The third-order valence-electron chi connectivity index (χ3n) is 4.20. The van der Waals surface area contributed by atoms with Gasteiger partial charge in [0, 0.05) is 12.6 Å². The average Bonchev–Trinajstić information content (AvgIpc) is 3.10. The Morgan fingerprint density at radius 1 is 1.04 bits per heavy atom. The largest absolute Gasteiger partial charge is 0.490 e. The molecule has 2 rings (SSSR count). The number of hydrogen-bond acceptors (Lipinski definition) is 4. The molecule has 1 fully saturated rings. The van der Waals surface area contributed by atoms with Crippen molar-refractivity contribution in [3.8, 4) is 11.5 Å². The molecule has 1 aromatic carbocycles. The van der Waals surface area contributed by atoms with Crippen LogP contribution in [0.4, 0.5) is 0 Å². The fraction of sp³-hybridized carbons (Fsp3) is 0.579. The molecule has 0 saturated heterocycles. The highest BCUT2D eigenvalue weighted by molar-refractivity contribution is 6.35. The predicted octanol–water partition coefficient (Wildman–Crippen LogP) is 2.20. The van der Waals surface area contributed by atoms with Gasteiger partial charge in [0.05, 0.1) is 13.2 Å². The molecule has 0 unspecified atom stereocenters. The first-order chi connectivity index (χ1) is 12.1. The summed E-state index contributed by atoms with van der Waals surface area (Å²) in [7, 11) is 0. The minimum atomic E-state index is -0.567. The van der Waals surface area contributed by atoms with Crippen molar-refractivity contribution in [3.63, 3.8) is 0 Å². The van der Waals surface area contributed by atoms with Gasteiger partial charge in [-0.25, -0.2) is 0 Å². The lowest BCUT2D eigenvalue weighted by molar-refractivity contribution is -0.139. The van der Waals surface area contributed by atoms with Gasteiger partial charge in [-0.05, 0) is 50.8 Å². The highest BCUT2D eigenvalue weighted by Gasteiger charge is 2.21. The van der Waals surface area contributed by atoms with Gasteiger partial charge < -0.3 is 20.1 Å². The van der Waals surface area contributed by atoms with Crippen LogP contribution < -0.4 is 20.1 Å². The van der Waals surface area contributed by atoms with Gasteiger partial charge in [0.15, 0.2) is 11.5 Å². The number of hydrogen-bond donors (Lipinski definition) is 2. The predicted molar refractivity (Wildman–Crippen MR) is 95.9 cm³/mol. The van der Waals surface area contributed by atoms with Crippen LogP contribution in [0.1, 0.15) is 45.1 Å². The van der Waals surface area contributed by atoms with E-state index >= 15 is 0 Å². The molecule has 0 heterocycles. The molecule has 0 spiro atoms. The zero-order valence-corrected chi connectivity index (χ0v) is 15.1. The van der Waals surface area contributed by atoms with E-state index in [-0.39, 0.29) is 6.04 Å². The molecule has 6 heteroatoms. The number of amides is 2. The summed E-state index contributed by atoms with van der Waals surface area (Å²) >= 11 is 0. The number of carbonyl (C=O) groups is 2. The number of benzene rings is 1. The van der Waals surface area contributed by atoms with Gasteiger partial charge in [0.2, 0.25) is 0 Å². The number of rotatable bonds is 8. The van der Waals surface area contributed by atoms with E-state index in [2.05, 4.69) is 10.6 Å². The van der Waals surface area contributed by atoms with E-state index in [1.54, 1.807) is 0 Å². The van der Waals surface area contributed by atoms with Gasteiger partial charge >= 0.3 is 11.8 Å². The molecule has 138 valence electrons. The van der Waals surface area contributed by atoms with Crippen LogP contribution in [0.2, 0.25) is 0 Å². The van der Waals surface area contributed by atoms with Crippen molar-refractivity contribution >= 4 is 11.8 Å². The van der Waals surface area contributed by atoms with Gasteiger partial charge in [-0.15, -0.1) is 0 Å². The lowest BCUT2D eigenvalue weighted by Crippen LogP contribution is -2.44. The van der Waals surface area contributed by atoms with E-state index in [1.807, 2.05) is 32.0 Å². The van der Waals surface area contributed by atoms with E-state index in [0.29, 0.717) is 37.7 Å². The lowest BCUT2D eigenvalue weighted by atomic mass is 10.1. The molecule has 1 aromatic rings. The second-order valence-corrected chi connectivity index (χ2v) is 6.11. The highest BCUT2D eigenvalue weighted by Crippen LogP contribution is 2.28.